The first-order valence-corrected chi connectivity index (χ1v) is 4.93. The topological polar surface area (TPSA) is 75.6 Å². The summed E-state index contributed by atoms with van der Waals surface area (Å²) in [5.41, 5.74) is 0.609. The van der Waals surface area contributed by atoms with Crippen molar-refractivity contribution in [2.45, 2.75) is 6.92 Å². The van der Waals surface area contributed by atoms with Gasteiger partial charge >= 0.3 is 8.25 Å². The molecule has 0 spiro atoms. The molecule has 0 bridgehead atoms. The van der Waals surface area contributed by atoms with Crippen LogP contribution >= 0.6 is 8.25 Å². The zero-order chi connectivity index (χ0) is 10.6. The average Bonchev–Trinajstić information content (AvgIpc) is 2.06. The molecule has 14 heavy (non-hydrogen) atoms. The first-order chi connectivity index (χ1) is 6.58. The molecule has 1 unspecified atom stereocenters. The van der Waals surface area contributed by atoms with Crippen LogP contribution in [0, 0.1) is 0 Å². The molecular formula is C8H9NO4P+. The summed E-state index contributed by atoms with van der Waals surface area (Å²) in [5.74, 6) is 0.106. The maximum atomic E-state index is 10.6. The fourth-order valence-corrected chi connectivity index (χ4v) is 1.19. The number of anilines is 1. The summed E-state index contributed by atoms with van der Waals surface area (Å²) in [5, 5.41) is 2.56. The average molecular weight is 214 g/mol. The summed E-state index contributed by atoms with van der Waals surface area (Å²) >= 11 is 0. The molecule has 1 rings (SSSR count). The molecular weight excluding hydrogens is 205 g/mol. The van der Waals surface area contributed by atoms with Crippen LogP contribution in [0.25, 0.3) is 0 Å². The molecule has 0 aliphatic rings. The third-order valence-electron chi connectivity index (χ3n) is 1.36. The standard InChI is InChI=1S/C8H8NO4P/c1-6(10)9-7-2-4-8(5-3-7)13-14(11)12/h2-5H,1H3,(H-,9,10,11,12)/p+1. The smallest absolute Gasteiger partial charge is 0.326 e. The molecule has 0 radical (unpaired) electrons. The van der Waals surface area contributed by atoms with Gasteiger partial charge < -0.3 is 5.32 Å². The largest absolute Gasteiger partial charge is 0.747 e. The van der Waals surface area contributed by atoms with E-state index in [0.717, 1.165) is 0 Å². The molecule has 74 valence electrons. The lowest BCUT2D eigenvalue weighted by Crippen LogP contribution is -2.05. The van der Waals surface area contributed by atoms with Gasteiger partial charge in [-0.15, -0.1) is 4.89 Å². The Hall–Kier alpha value is -1.45. The Kier molecular flexibility index (Phi) is 3.56. The van der Waals surface area contributed by atoms with E-state index in [4.69, 9.17) is 4.89 Å². The maximum Gasteiger partial charge on any atom is 0.747 e. The fourth-order valence-electron chi connectivity index (χ4n) is 0.893. The highest BCUT2D eigenvalue weighted by Gasteiger charge is 2.13. The van der Waals surface area contributed by atoms with Gasteiger partial charge in [0.15, 0.2) is 5.75 Å². The number of amides is 1. The summed E-state index contributed by atoms with van der Waals surface area (Å²) in [6, 6.07) is 6.15. The highest BCUT2D eigenvalue weighted by atomic mass is 31.1. The van der Waals surface area contributed by atoms with Crippen molar-refractivity contribution in [2.24, 2.45) is 0 Å². The Morgan fingerprint density at radius 3 is 2.43 bits per heavy atom. The van der Waals surface area contributed by atoms with Crippen molar-refractivity contribution < 1.29 is 18.8 Å². The van der Waals surface area contributed by atoms with Crippen LogP contribution in [0.2, 0.25) is 0 Å². The van der Waals surface area contributed by atoms with E-state index in [1.807, 2.05) is 0 Å². The van der Waals surface area contributed by atoms with E-state index in [9.17, 15) is 9.36 Å². The van der Waals surface area contributed by atoms with Crippen LogP contribution in [0.5, 0.6) is 5.75 Å². The van der Waals surface area contributed by atoms with Gasteiger partial charge in [-0.1, -0.05) is 0 Å². The van der Waals surface area contributed by atoms with Crippen molar-refractivity contribution in [3.8, 4) is 5.75 Å². The van der Waals surface area contributed by atoms with Crippen LogP contribution in [0.3, 0.4) is 0 Å². The molecule has 0 saturated carbocycles. The van der Waals surface area contributed by atoms with E-state index in [0.29, 0.717) is 5.69 Å². The van der Waals surface area contributed by atoms with Crippen LogP contribution in [0.4, 0.5) is 5.69 Å². The van der Waals surface area contributed by atoms with Crippen molar-refractivity contribution in [3.63, 3.8) is 0 Å². The summed E-state index contributed by atoms with van der Waals surface area (Å²) in [4.78, 5) is 19.1. The molecule has 6 heteroatoms. The van der Waals surface area contributed by atoms with Crippen molar-refractivity contribution >= 4 is 19.8 Å². The van der Waals surface area contributed by atoms with Crippen LogP contribution in [-0.4, -0.2) is 10.8 Å². The number of hydrogen-bond acceptors (Lipinski definition) is 3. The lowest BCUT2D eigenvalue weighted by molar-refractivity contribution is -0.114. The molecule has 0 aliphatic carbocycles. The number of hydrogen-bond donors (Lipinski definition) is 2. The van der Waals surface area contributed by atoms with Gasteiger partial charge in [0.25, 0.3) is 0 Å². The van der Waals surface area contributed by atoms with Crippen molar-refractivity contribution in [1.29, 1.82) is 0 Å². The minimum Gasteiger partial charge on any atom is -0.326 e. The normalized spacial score (nSPS) is 10.6. The Bertz CT molecular complexity index is 314. The van der Waals surface area contributed by atoms with Gasteiger partial charge in [0.05, 0.1) is 0 Å². The lowest BCUT2D eigenvalue weighted by Gasteiger charge is -2.00. The Balaban J connectivity index is 2.68. The minimum atomic E-state index is -2.64. The molecule has 1 amide bonds. The van der Waals surface area contributed by atoms with Crippen molar-refractivity contribution in [1.82, 2.24) is 0 Å². The number of carbonyl (C=O) groups is 1. The third-order valence-corrected chi connectivity index (χ3v) is 1.73. The molecule has 0 saturated heterocycles. The van der Waals surface area contributed by atoms with Gasteiger partial charge in [0.1, 0.15) is 0 Å². The quantitative estimate of drug-likeness (QED) is 0.750. The third kappa shape index (κ3) is 3.51. The van der Waals surface area contributed by atoms with E-state index in [-0.39, 0.29) is 11.7 Å². The van der Waals surface area contributed by atoms with Gasteiger partial charge in [0, 0.05) is 17.2 Å². The van der Waals surface area contributed by atoms with Crippen LogP contribution in [0.15, 0.2) is 24.3 Å². The second kappa shape index (κ2) is 4.69. The van der Waals surface area contributed by atoms with Gasteiger partial charge in [0.2, 0.25) is 5.91 Å². The second-order valence-corrected chi connectivity index (χ2v) is 3.19. The SMILES string of the molecule is CC(=O)Nc1ccc(O[P+](=O)O)cc1. The van der Waals surface area contributed by atoms with Crippen LogP contribution in [-0.2, 0) is 9.36 Å². The molecule has 0 aromatic heterocycles. The Morgan fingerprint density at radius 1 is 1.43 bits per heavy atom. The second-order valence-electron chi connectivity index (χ2n) is 2.53. The zero-order valence-corrected chi connectivity index (χ0v) is 8.32. The molecule has 0 aliphatic heterocycles. The van der Waals surface area contributed by atoms with Crippen LogP contribution in [0.1, 0.15) is 6.92 Å². The van der Waals surface area contributed by atoms with E-state index >= 15 is 0 Å². The van der Waals surface area contributed by atoms with Gasteiger partial charge in [-0.05, 0) is 24.3 Å². The molecule has 0 heterocycles. The van der Waals surface area contributed by atoms with Crippen molar-refractivity contribution in [2.75, 3.05) is 5.32 Å². The zero-order valence-electron chi connectivity index (χ0n) is 7.43. The van der Waals surface area contributed by atoms with E-state index in [2.05, 4.69) is 9.84 Å². The highest BCUT2D eigenvalue weighted by Crippen LogP contribution is 2.23. The predicted molar refractivity (Wildman–Crippen MR) is 51.2 cm³/mol. The first kappa shape index (κ1) is 10.6. The lowest BCUT2D eigenvalue weighted by atomic mass is 10.3. The number of benzene rings is 1. The number of rotatable bonds is 3. The van der Waals surface area contributed by atoms with Gasteiger partial charge in [-0.2, -0.15) is 0 Å². The summed E-state index contributed by atoms with van der Waals surface area (Å²) in [6.07, 6.45) is 0. The van der Waals surface area contributed by atoms with Gasteiger partial charge in [-0.3, -0.25) is 4.79 Å². The van der Waals surface area contributed by atoms with Gasteiger partial charge in [-0.25, -0.2) is 4.52 Å². The van der Waals surface area contributed by atoms with Crippen LogP contribution < -0.4 is 9.84 Å². The van der Waals surface area contributed by atoms with Crippen molar-refractivity contribution in [3.05, 3.63) is 24.3 Å². The minimum absolute atomic E-state index is 0.174. The fraction of sp³-hybridized carbons (Fsp3) is 0.125. The molecule has 0 fully saturated rings. The molecule has 1 aromatic carbocycles. The van der Waals surface area contributed by atoms with E-state index < -0.39 is 8.25 Å². The Morgan fingerprint density at radius 2 is 2.00 bits per heavy atom. The Labute approximate surface area is 81.7 Å². The maximum absolute atomic E-state index is 10.6. The molecule has 5 nitrogen and oxygen atoms in total. The summed E-state index contributed by atoms with van der Waals surface area (Å²) in [6.45, 7) is 1.40. The summed E-state index contributed by atoms with van der Waals surface area (Å²) < 4.78 is 14.8. The number of carbonyl (C=O) groups excluding carboxylic acids is 1. The first-order valence-electron chi connectivity index (χ1n) is 3.79. The monoisotopic (exact) mass is 214 g/mol. The predicted octanol–water partition coefficient (Wildman–Crippen LogP) is 1.67. The van der Waals surface area contributed by atoms with E-state index in [1.54, 1.807) is 12.1 Å². The summed E-state index contributed by atoms with van der Waals surface area (Å²) in [7, 11) is -2.64. The highest BCUT2D eigenvalue weighted by molar-refractivity contribution is 7.32. The van der Waals surface area contributed by atoms with E-state index in [1.165, 1.54) is 19.1 Å². The molecule has 1 atom stereocenters. The molecule has 1 aromatic rings. The number of nitrogens with one attached hydrogen (secondary N) is 1. The molecule has 2 N–H and O–H groups in total.